The smallest absolute Gasteiger partial charge is 0.0730 e. The molecule has 0 aliphatic rings. The molecule has 6 heterocycles. The summed E-state index contributed by atoms with van der Waals surface area (Å²) in [5.41, 5.74) is 11.7. The third-order valence-electron chi connectivity index (χ3n) is 8.88. The first-order valence-electron chi connectivity index (χ1n) is 16.2. The minimum Gasteiger partial charge on any atom is -0.308 e. The van der Waals surface area contributed by atoms with Crippen molar-refractivity contribution in [2.24, 2.45) is 0 Å². The lowest BCUT2D eigenvalue weighted by Gasteiger charge is -2.27. The van der Waals surface area contributed by atoms with Gasteiger partial charge < -0.3 is 4.57 Å². The highest BCUT2D eigenvalue weighted by Crippen LogP contribution is 2.53. The molecule has 0 aliphatic carbocycles. The molecule has 6 aromatic heterocycles. The minimum absolute atomic E-state index is 0.798. The Morgan fingerprint density at radius 1 is 0.286 bits per heavy atom. The first kappa shape index (κ1) is 28.4. The first-order chi connectivity index (χ1) is 24.4. The molecule has 0 atom stereocenters. The molecule has 6 nitrogen and oxygen atoms in total. The van der Waals surface area contributed by atoms with Crippen LogP contribution in [0.25, 0.3) is 83.8 Å². The van der Waals surface area contributed by atoms with Crippen molar-refractivity contribution in [3.05, 3.63) is 171 Å². The summed E-state index contributed by atoms with van der Waals surface area (Å²) in [4.78, 5) is 25.1. The first-order valence-corrected chi connectivity index (χ1v) is 16.2. The maximum atomic E-state index is 5.04. The SMILES string of the molecule is c1ccc(-c2c(-c3ccccn3)c(-c3ccccn3)c(-n3c4ccccc4c4ccccc43)c(-c3ccccn3)c2-c2ccccn2)nc1. The van der Waals surface area contributed by atoms with Gasteiger partial charge in [0.15, 0.2) is 0 Å². The Kier molecular flexibility index (Phi) is 7.02. The lowest BCUT2D eigenvalue weighted by atomic mass is 9.82. The zero-order valence-corrected chi connectivity index (χ0v) is 26.3. The van der Waals surface area contributed by atoms with Crippen LogP contribution in [0.1, 0.15) is 0 Å². The fourth-order valence-corrected chi connectivity index (χ4v) is 6.94. The van der Waals surface area contributed by atoms with Crippen LogP contribution in [0.15, 0.2) is 171 Å². The molecule has 230 valence electrons. The van der Waals surface area contributed by atoms with Crippen LogP contribution >= 0.6 is 0 Å². The lowest BCUT2D eigenvalue weighted by molar-refractivity contribution is 1.16. The molecule has 3 aromatic carbocycles. The average Bonchev–Trinajstić information content (AvgIpc) is 3.52. The molecule has 0 amide bonds. The van der Waals surface area contributed by atoms with E-state index in [1.165, 1.54) is 0 Å². The van der Waals surface area contributed by atoms with E-state index in [4.69, 9.17) is 24.9 Å². The zero-order chi connectivity index (χ0) is 32.6. The van der Waals surface area contributed by atoms with Crippen LogP contribution in [0, 0.1) is 0 Å². The van der Waals surface area contributed by atoms with Crippen LogP contribution in [0.2, 0.25) is 0 Å². The molecule has 9 rings (SSSR count). The average molecular weight is 629 g/mol. The van der Waals surface area contributed by atoms with E-state index in [1.807, 2.05) is 91.6 Å². The Labute approximate surface area is 283 Å². The molecule has 6 heteroatoms. The van der Waals surface area contributed by atoms with Crippen LogP contribution in [0.5, 0.6) is 0 Å². The van der Waals surface area contributed by atoms with Crippen molar-refractivity contribution >= 4 is 21.8 Å². The summed E-state index contributed by atoms with van der Waals surface area (Å²) in [5.74, 6) is 0. The molecule has 0 saturated carbocycles. The molecular weight excluding hydrogens is 601 g/mol. The van der Waals surface area contributed by atoms with Gasteiger partial charge in [0.2, 0.25) is 0 Å². The molecule has 0 N–H and O–H groups in total. The topological polar surface area (TPSA) is 69.4 Å². The fourth-order valence-electron chi connectivity index (χ4n) is 6.94. The van der Waals surface area contributed by atoms with Gasteiger partial charge in [0.05, 0.1) is 45.2 Å². The summed E-state index contributed by atoms with van der Waals surface area (Å²) in [6.45, 7) is 0. The predicted molar refractivity (Wildman–Crippen MR) is 197 cm³/mol. The fraction of sp³-hybridized carbons (Fsp3) is 0. The minimum atomic E-state index is 0.798. The number of aromatic nitrogens is 6. The van der Waals surface area contributed by atoms with Crippen molar-refractivity contribution in [2.75, 3.05) is 0 Å². The number of hydrogen-bond donors (Lipinski definition) is 0. The van der Waals surface area contributed by atoms with Gasteiger partial charge in [-0.15, -0.1) is 0 Å². The summed E-state index contributed by atoms with van der Waals surface area (Å²) in [5, 5.41) is 2.31. The second-order valence-electron chi connectivity index (χ2n) is 11.7. The molecule has 0 unspecified atom stereocenters. The van der Waals surface area contributed by atoms with E-state index >= 15 is 0 Å². The molecule has 49 heavy (non-hydrogen) atoms. The van der Waals surface area contributed by atoms with E-state index in [1.54, 1.807) is 0 Å². The van der Waals surface area contributed by atoms with E-state index in [9.17, 15) is 0 Å². The molecule has 9 aromatic rings. The largest absolute Gasteiger partial charge is 0.308 e. The molecule has 0 fully saturated rings. The van der Waals surface area contributed by atoms with Crippen LogP contribution in [-0.4, -0.2) is 29.5 Å². The summed E-state index contributed by atoms with van der Waals surface area (Å²) in [6.07, 6.45) is 9.21. The number of benzene rings is 3. The Balaban J connectivity index is 1.64. The normalized spacial score (nSPS) is 11.3. The van der Waals surface area contributed by atoms with Crippen molar-refractivity contribution in [2.45, 2.75) is 0 Å². The van der Waals surface area contributed by atoms with E-state index in [-0.39, 0.29) is 0 Å². The van der Waals surface area contributed by atoms with E-state index in [2.05, 4.69) is 83.4 Å². The van der Waals surface area contributed by atoms with Gasteiger partial charge in [0.1, 0.15) is 0 Å². The number of fused-ring (bicyclic) bond motifs is 3. The third kappa shape index (κ3) is 4.77. The van der Waals surface area contributed by atoms with Crippen molar-refractivity contribution in [3.8, 4) is 62.0 Å². The van der Waals surface area contributed by atoms with Crippen molar-refractivity contribution in [1.29, 1.82) is 0 Å². The lowest BCUT2D eigenvalue weighted by Crippen LogP contribution is -2.09. The predicted octanol–water partition coefficient (Wildman–Crippen LogP) is 10.1. The van der Waals surface area contributed by atoms with Gasteiger partial charge in [-0.1, -0.05) is 66.7 Å². The Morgan fingerprint density at radius 3 is 0.898 bits per heavy atom. The Bertz CT molecular complexity index is 2410. The van der Waals surface area contributed by atoms with Gasteiger partial charge >= 0.3 is 0 Å². The van der Waals surface area contributed by atoms with Crippen molar-refractivity contribution < 1.29 is 0 Å². The standard InChI is InChI=1S/C43H28N6/c1-3-22-36-29(15-1)30-16-2-4-23-37(30)49(36)43-41(34-20-8-13-27-47-34)39(32-18-6-11-25-45-32)38(31-17-5-10-24-44-31)40(33-19-7-12-26-46-33)42(43)35-21-9-14-28-48-35/h1-28H. The van der Waals surface area contributed by atoms with Crippen molar-refractivity contribution in [1.82, 2.24) is 29.5 Å². The number of rotatable bonds is 6. The second-order valence-corrected chi connectivity index (χ2v) is 11.7. The number of nitrogens with zero attached hydrogens (tertiary/aromatic N) is 6. The molecule has 0 aliphatic heterocycles. The number of hydrogen-bond acceptors (Lipinski definition) is 5. The summed E-state index contributed by atoms with van der Waals surface area (Å²) >= 11 is 0. The zero-order valence-electron chi connectivity index (χ0n) is 26.3. The molecule has 0 spiro atoms. The third-order valence-corrected chi connectivity index (χ3v) is 8.88. The number of pyridine rings is 5. The highest BCUT2D eigenvalue weighted by Gasteiger charge is 2.32. The monoisotopic (exact) mass is 628 g/mol. The quantitative estimate of drug-likeness (QED) is 0.183. The summed E-state index contributed by atoms with van der Waals surface area (Å²) in [6, 6.07) is 47.4. The maximum Gasteiger partial charge on any atom is 0.0730 e. The van der Waals surface area contributed by atoms with Crippen LogP contribution < -0.4 is 0 Å². The van der Waals surface area contributed by atoms with Gasteiger partial charge in [0, 0.05) is 69.6 Å². The maximum absolute atomic E-state index is 5.04. The van der Waals surface area contributed by atoms with Crippen molar-refractivity contribution in [3.63, 3.8) is 0 Å². The van der Waals surface area contributed by atoms with E-state index in [0.29, 0.717) is 0 Å². The van der Waals surface area contributed by atoms with Gasteiger partial charge in [0.25, 0.3) is 0 Å². The molecule has 0 saturated heterocycles. The highest BCUT2D eigenvalue weighted by molar-refractivity contribution is 6.15. The molecule has 0 bridgehead atoms. The van der Waals surface area contributed by atoms with Crippen LogP contribution in [-0.2, 0) is 0 Å². The summed E-state index contributed by atoms with van der Waals surface area (Å²) in [7, 11) is 0. The molecule has 0 radical (unpaired) electrons. The van der Waals surface area contributed by atoms with Crippen LogP contribution in [0.3, 0.4) is 0 Å². The number of para-hydroxylation sites is 2. The van der Waals surface area contributed by atoms with E-state index < -0.39 is 0 Å². The van der Waals surface area contributed by atoms with Gasteiger partial charge in [-0.05, 0) is 72.8 Å². The van der Waals surface area contributed by atoms with Gasteiger partial charge in [-0.25, -0.2) is 0 Å². The molecular formula is C43H28N6. The Morgan fingerprint density at radius 2 is 0.571 bits per heavy atom. The van der Waals surface area contributed by atoms with Crippen LogP contribution in [0.4, 0.5) is 0 Å². The van der Waals surface area contributed by atoms with E-state index in [0.717, 1.165) is 83.8 Å². The van der Waals surface area contributed by atoms with Gasteiger partial charge in [-0.3, -0.25) is 24.9 Å². The summed E-state index contributed by atoms with van der Waals surface area (Å²) < 4.78 is 2.37. The Hall–Kier alpha value is -6.79. The highest BCUT2D eigenvalue weighted by atomic mass is 15.0. The second kappa shape index (κ2) is 12.1. The van der Waals surface area contributed by atoms with Gasteiger partial charge in [-0.2, -0.15) is 0 Å².